The molecular formula is C12H14N4O2. The minimum Gasteiger partial charge on any atom is -0.486 e. The van der Waals surface area contributed by atoms with E-state index in [1.807, 2.05) is 25.4 Å². The van der Waals surface area contributed by atoms with Crippen molar-refractivity contribution in [2.75, 3.05) is 0 Å². The van der Waals surface area contributed by atoms with E-state index in [1.54, 1.807) is 22.9 Å². The number of hydrogen-bond acceptors (Lipinski definition) is 4. The van der Waals surface area contributed by atoms with Gasteiger partial charge in [0.1, 0.15) is 12.4 Å². The van der Waals surface area contributed by atoms with Crippen LogP contribution in [0.3, 0.4) is 0 Å². The van der Waals surface area contributed by atoms with Gasteiger partial charge in [-0.15, -0.1) is 0 Å². The van der Waals surface area contributed by atoms with Crippen LogP contribution in [0.25, 0.3) is 0 Å². The maximum absolute atomic E-state index is 8.69. The molecule has 0 unspecified atom stereocenters. The van der Waals surface area contributed by atoms with E-state index >= 15 is 0 Å². The first-order valence-electron chi connectivity index (χ1n) is 5.39. The molecule has 0 aliphatic rings. The molecule has 2 rings (SSSR count). The first-order valence-corrected chi connectivity index (χ1v) is 5.39. The molecule has 3 N–H and O–H groups in total. The second-order valence-corrected chi connectivity index (χ2v) is 3.75. The fraction of sp³-hybridized carbons (Fsp3) is 0.167. The lowest BCUT2D eigenvalue weighted by molar-refractivity contribution is 0.297. The lowest BCUT2D eigenvalue weighted by atomic mass is 10.2. The first-order chi connectivity index (χ1) is 8.70. The summed E-state index contributed by atoms with van der Waals surface area (Å²) in [5.41, 5.74) is 6.93. The maximum atomic E-state index is 8.69. The Labute approximate surface area is 104 Å². The molecule has 6 heteroatoms. The van der Waals surface area contributed by atoms with E-state index in [9.17, 15) is 0 Å². The van der Waals surface area contributed by atoms with Crippen LogP contribution in [0.1, 0.15) is 11.3 Å². The van der Waals surface area contributed by atoms with Gasteiger partial charge in [-0.25, -0.2) is 0 Å². The zero-order valence-electron chi connectivity index (χ0n) is 9.95. The number of ether oxygens (including phenoxy) is 1. The predicted octanol–water partition coefficient (Wildman–Crippen LogP) is 1.09. The van der Waals surface area contributed by atoms with E-state index in [0.29, 0.717) is 17.9 Å². The normalized spacial score (nSPS) is 11.5. The summed E-state index contributed by atoms with van der Waals surface area (Å²) >= 11 is 0. The van der Waals surface area contributed by atoms with Crippen molar-refractivity contribution in [3.05, 3.63) is 47.8 Å². The van der Waals surface area contributed by atoms with Crippen molar-refractivity contribution in [3.8, 4) is 5.75 Å². The third-order valence-electron chi connectivity index (χ3n) is 2.42. The van der Waals surface area contributed by atoms with Crippen LogP contribution >= 0.6 is 0 Å². The summed E-state index contributed by atoms with van der Waals surface area (Å²) in [6.07, 6.45) is 1.84. The van der Waals surface area contributed by atoms with Crippen molar-refractivity contribution in [2.45, 2.75) is 6.61 Å². The number of aromatic nitrogens is 2. The third kappa shape index (κ3) is 2.60. The van der Waals surface area contributed by atoms with Gasteiger partial charge < -0.3 is 15.7 Å². The molecule has 0 atom stereocenters. The molecule has 0 saturated carbocycles. The molecule has 6 nitrogen and oxygen atoms in total. The van der Waals surface area contributed by atoms with Crippen molar-refractivity contribution in [1.82, 2.24) is 9.78 Å². The van der Waals surface area contributed by atoms with Crippen molar-refractivity contribution < 1.29 is 9.94 Å². The number of amidine groups is 1. The Bertz CT molecular complexity index is 563. The fourth-order valence-corrected chi connectivity index (χ4v) is 1.55. The number of aryl methyl sites for hydroxylation is 1. The number of oxime groups is 1. The Hall–Kier alpha value is -2.50. The van der Waals surface area contributed by atoms with E-state index in [0.717, 1.165) is 5.69 Å². The Morgan fingerprint density at radius 1 is 1.44 bits per heavy atom. The highest BCUT2D eigenvalue weighted by atomic mass is 16.5. The van der Waals surface area contributed by atoms with E-state index in [2.05, 4.69) is 10.3 Å². The average Bonchev–Trinajstić information content (AvgIpc) is 2.81. The van der Waals surface area contributed by atoms with Gasteiger partial charge in [0.05, 0.1) is 11.3 Å². The smallest absolute Gasteiger partial charge is 0.173 e. The number of rotatable bonds is 4. The van der Waals surface area contributed by atoms with Gasteiger partial charge in [-0.05, 0) is 18.2 Å². The Kier molecular flexibility index (Phi) is 3.47. The highest BCUT2D eigenvalue weighted by Crippen LogP contribution is 2.18. The van der Waals surface area contributed by atoms with Crippen LogP contribution in [0.2, 0.25) is 0 Å². The van der Waals surface area contributed by atoms with E-state index in [-0.39, 0.29) is 5.84 Å². The summed E-state index contributed by atoms with van der Waals surface area (Å²) in [5, 5.41) is 15.9. The lowest BCUT2D eigenvalue weighted by Crippen LogP contribution is -2.14. The minimum absolute atomic E-state index is 0.0200. The molecule has 0 radical (unpaired) electrons. The summed E-state index contributed by atoms with van der Waals surface area (Å²) in [5.74, 6) is 0.574. The molecule has 0 spiro atoms. The topological polar surface area (TPSA) is 85.7 Å². The van der Waals surface area contributed by atoms with Crippen LogP contribution in [0.4, 0.5) is 0 Å². The lowest BCUT2D eigenvalue weighted by Gasteiger charge is -2.09. The Morgan fingerprint density at radius 3 is 2.89 bits per heavy atom. The molecule has 0 aliphatic carbocycles. The van der Waals surface area contributed by atoms with Gasteiger partial charge in [-0.1, -0.05) is 17.3 Å². The van der Waals surface area contributed by atoms with Crippen LogP contribution in [0.15, 0.2) is 41.7 Å². The molecule has 2 aromatic rings. The molecule has 0 saturated heterocycles. The standard InChI is InChI=1S/C12H14N4O2/c1-16-7-6-9(14-16)8-18-11-5-3-2-4-10(11)12(13)15-17/h2-7,17H,8H2,1H3,(H2,13,15). The van der Waals surface area contributed by atoms with Crippen LogP contribution in [0, 0.1) is 0 Å². The Balaban J connectivity index is 2.14. The summed E-state index contributed by atoms with van der Waals surface area (Å²) in [6.45, 7) is 0.330. The summed E-state index contributed by atoms with van der Waals surface area (Å²) in [7, 11) is 1.84. The summed E-state index contributed by atoms with van der Waals surface area (Å²) in [6, 6.07) is 8.97. The molecule has 1 aromatic carbocycles. The maximum Gasteiger partial charge on any atom is 0.173 e. The first kappa shape index (κ1) is 12.0. The second kappa shape index (κ2) is 5.22. The molecule has 0 aliphatic heterocycles. The fourth-order valence-electron chi connectivity index (χ4n) is 1.55. The Morgan fingerprint density at radius 2 is 2.22 bits per heavy atom. The largest absolute Gasteiger partial charge is 0.486 e. The predicted molar refractivity (Wildman–Crippen MR) is 66.5 cm³/mol. The molecule has 18 heavy (non-hydrogen) atoms. The molecule has 0 bridgehead atoms. The molecule has 94 valence electrons. The average molecular weight is 246 g/mol. The second-order valence-electron chi connectivity index (χ2n) is 3.75. The molecule has 0 fully saturated rings. The van der Waals surface area contributed by atoms with E-state index in [4.69, 9.17) is 15.7 Å². The van der Waals surface area contributed by atoms with Gasteiger partial charge in [0.25, 0.3) is 0 Å². The number of hydrogen-bond donors (Lipinski definition) is 2. The number of para-hydroxylation sites is 1. The van der Waals surface area contributed by atoms with Crippen LogP contribution in [-0.2, 0) is 13.7 Å². The number of nitrogens with two attached hydrogens (primary N) is 1. The summed E-state index contributed by atoms with van der Waals surface area (Å²) < 4.78 is 7.31. The zero-order chi connectivity index (χ0) is 13.0. The summed E-state index contributed by atoms with van der Waals surface area (Å²) in [4.78, 5) is 0. The van der Waals surface area contributed by atoms with Crippen molar-refractivity contribution in [1.29, 1.82) is 0 Å². The van der Waals surface area contributed by atoms with E-state index in [1.165, 1.54) is 0 Å². The molecule has 1 aromatic heterocycles. The van der Waals surface area contributed by atoms with Gasteiger partial charge in [-0.2, -0.15) is 5.10 Å². The number of nitrogens with zero attached hydrogens (tertiary/aromatic N) is 3. The van der Waals surface area contributed by atoms with Gasteiger partial charge in [0.2, 0.25) is 0 Å². The SMILES string of the molecule is Cn1ccc(COc2ccccc2/C(N)=N/O)n1. The molecule has 0 amide bonds. The zero-order valence-corrected chi connectivity index (χ0v) is 9.95. The van der Waals surface area contributed by atoms with Crippen LogP contribution < -0.4 is 10.5 Å². The van der Waals surface area contributed by atoms with Crippen molar-refractivity contribution >= 4 is 5.84 Å². The van der Waals surface area contributed by atoms with Crippen molar-refractivity contribution in [3.63, 3.8) is 0 Å². The highest BCUT2D eigenvalue weighted by molar-refractivity contribution is 5.99. The van der Waals surface area contributed by atoms with Crippen LogP contribution in [0.5, 0.6) is 5.75 Å². The minimum atomic E-state index is 0.0200. The van der Waals surface area contributed by atoms with Crippen LogP contribution in [-0.4, -0.2) is 20.8 Å². The van der Waals surface area contributed by atoms with Crippen molar-refractivity contribution in [2.24, 2.45) is 17.9 Å². The third-order valence-corrected chi connectivity index (χ3v) is 2.42. The molecule has 1 heterocycles. The highest BCUT2D eigenvalue weighted by Gasteiger charge is 2.08. The number of benzene rings is 1. The quantitative estimate of drug-likeness (QED) is 0.366. The van der Waals surface area contributed by atoms with Gasteiger partial charge in [0, 0.05) is 13.2 Å². The molecular weight excluding hydrogens is 232 g/mol. The monoisotopic (exact) mass is 246 g/mol. The van der Waals surface area contributed by atoms with E-state index < -0.39 is 0 Å². The van der Waals surface area contributed by atoms with Gasteiger partial charge in [0.15, 0.2) is 5.84 Å². The van der Waals surface area contributed by atoms with Gasteiger partial charge >= 0.3 is 0 Å². The van der Waals surface area contributed by atoms with Gasteiger partial charge in [-0.3, -0.25) is 4.68 Å².